The Morgan fingerprint density at radius 2 is 2.10 bits per heavy atom. The van der Waals surface area contributed by atoms with Crippen molar-refractivity contribution in [1.82, 2.24) is 9.97 Å². The summed E-state index contributed by atoms with van der Waals surface area (Å²) < 4.78 is 0. The Labute approximate surface area is 116 Å². The molecular formula is C14H15N5O. The first-order valence-corrected chi connectivity index (χ1v) is 6.48. The van der Waals surface area contributed by atoms with Crippen molar-refractivity contribution in [2.24, 2.45) is 0 Å². The second-order valence-electron chi connectivity index (χ2n) is 4.65. The number of hydrogen-bond donors (Lipinski definition) is 3. The van der Waals surface area contributed by atoms with E-state index < -0.39 is 0 Å². The lowest BCUT2D eigenvalue weighted by atomic mass is 10.0. The van der Waals surface area contributed by atoms with Crippen molar-refractivity contribution in [3.05, 3.63) is 41.7 Å². The number of aromatic nitrogens is 2. The van der Waals surface area contributed by atoms with Crippen molar-refractivity contribution in [3.63, 3.8) is 0 Å². The average molecular weight is 269 g/mol. The molecule has 1 aliphatic rings. The maximum Gasteiger partial charge on any atom is 0.258 e. The van der Waals surface area contributed by atoms with Gasteiger partial charge < -0.3 is 16.4 Å². The van der Waals surface area contributed by atoms with E-state index in [4.69, 9.17) is 5.73 Å². The standard InChI is InChI=1S/C14H15N5O/c15-14-17-7-9(8-18-14)13(20)19-12-5-1-4-11-10(12)3-2-6-16-11/h1,4-5,7-8,16H,2-3,6H2,(H,19,20)(H2,15,17,18). The number of carbonyl (C=O) groups is 1. The van der Waals surface area contributed by atoms with Crippen molar-refractivity contribution < 1.29 is 4.79 Å². The van der Waals surface area contributed by atoms with Gasteiger partial charge in [0.15, 0.2) is 0 Å². The Bertz CT molecular complexity index is 639. The molecule has 1 aliphatic heterocycles. The highest BCUT2D eigenvalue weighted by atomic mass is 16.1. The summed E-state index contributed by atoms with van der Waals surface area (Å²) in [6, 6.07) is 5.85. The molecular weight excluding hydrogens is 254 g/mol. The fourth-order valence-electron chi connectivity index (χ4n) is 2.28. The molecule has 1 aromatic carbocycles. The fourth-order valence-corrected chi connectivity index (χ4v) is 2.28. The van der Waals surface area contributed by atoms with Crippen molar-refractivity contribution in [3.8, 4) is 0 Å². The van der Waals surface area contributed by atoms with Gasteiger partial charge in [-0.25, -0.2) is 9.97 Å². The summed E-state index contributed by atoms with van der Waals surface area (Å²) >= 11 is 0. The summed E-state index contributed by atoms with van der Waals surface area (Å²) in [6.45, 7) is 0.968. The van der Waals surface area contributed by atoms with E-state index in [0.717, 1.165) is 36.3 Å². The zero-order valence-electron chi connectivity index (χ0n) is 10.9. The average Bonchev–Trinajstić information content (AvgIpc) is 2.48. The second-order valence-corrected chi connectivity index (χ2v) is 4.65. The Kier molecular flexibility index (Phi) is 3.20. The molecule has 3 rings (SSSR count). The molecule has 0 aliphatic carbocycles. The van der Waals surface area contributed by atoms with Crippen LogP contribution in [0.1, 0.15) is 22.3 Å². The van der Waals surface area contributed by atoms with E-state index in [1.165, 1.54) is 12.4 Å². The number of rotatable bonds is 2. The van der Waals surface area contributed by atoms with Crippen LogP contribution in [0.25, 0.3) is 0 Å². The molecule has 0 bridgehead atoms. The van der Waals surface area contributed by atoms with Crippen LogP contribution >= 0.6 is 0 Å². The Hall–Kier alpha value is -2.63. The highest BCUT2D eigenvalue weighted by Crippen LogP contribution is 2.29. The Balaban J connectivity index is 1.84. The van der Waals surface area contributed by atoms with Crippen LogP contribution in [0.15, 0.2) is 30.6 Å². The second kappa shape index (κ2) is 5.16. The maximum atomic E-state index is 12.2. The molecule has 1 aromatic heterocycles. The molecule has 0 unspecified atom stereocenters. The number of nitrogens with zero attached hydrogens (tertiary/aromatic N) is 2. The number of nitrogens with one attached hydrogen (secondary N) is 2. The molecule has 0 atom stereocenters. The lowest BCUT2D eigenvalue weighted by Crippen LogP contribution is -2.18. The third kappa shape index (κ3) is 2.40. The van der Waals surface area contributed by atoms with Crippen molar-refractivity contribution in [1.29, 1.82) is 0 Å². The van der Waals surface area contributed by atoms with Gasteiger partial charge in [0, 0.05) is 30.3 Å². The molecule has 0 saturated heterocycles. The number of nitrogens with two attached hydrogens (primary N) is 1. The van der Waals surface area contributed by atoms with Gasteiger partial charge in [0.1, 0.15) is 0 Å². The highest BCUT2D eigenvalue weighted by molar-refractivity contribution is 6.04. The zero-order chi connectivity index (χ0) is 13.9. The number of benzene rings is 1. The van der Waals surface area contributed by atoms with Crippen LogP contribution in [0.5, 0.6) is 0 Å². The molecule has 0 saturated carbocycles. The molecule has 0 fully saturated rings. The van der Waals surface area contributed by atoms with Crippen LogP contribution < -0.4 is 16.4 Å². The van der Waals surface area contributed by atoms with Gasteiger partial charge in [-0.1, -0.05) is 6.07 Å². The van der Waals surface area contributed by atoms with E-state index >= 15 is 0 Å². The van der Waals surface area contributed by atoms with Crippen LogP contribution in [-0.4, -0.2) is 22.4 Å². The fraction of sp³-hybridized carbons (Fsp3) is 0.214. The van der Waals surface area contributed by atoms with E-state index in [2.05, 4.69) is 20.6 Å². The first-order valence-electron chi connectivity index (χ1n) is 6.48. The third-order valence-electron chi connectivity index (χ3n) is 3.28. The van der Waals surface area contributed by atoms with Crippen LogP contribution in [0.2, 0.25) is 0 Å². The molecule has 4 N–H and O–H groups in total. The number of anilines is 3. The minimum Gasteiger partial charge on any atom is -0.385 e. The van der Waals surface area contributed by atoms with Gasteiger partial charge in [0.2, 0.25) is 5.95 Å². The molecule has 6 nitrogen and oxygen atoms in total. The van der Waals surface area contributed by atoms with Gasteiger partial charge in [-0.3, -0.25) is 4.79 Å². The quantitative estimate of drug-likeness (QED) is 0.771. The van der Waals surface area contributed by atoms with Crippen molar-refractivity contribution >= 4 is 23.2 Å². The number of fused-ring (bicyclic) bond motifs is 1. The van der Waals surface area contributed by atoms with Crippen molar-refractivity contribution in [2.45, 2.75) is 12.8 Å². The molecule has 102 valence electrons. The third-order valence-corrected chi connectivity index (χ3v) is 3.28. The lowest BCUT2D eigenvalue weighted by Gasteiger charge is -2.21. The predicted molar refractivity (Wildman–Crippen MR) is 77.7 cm³/mol. The summed E-state index contributed by atoms with van der Waals surface area (Å²) in [5, 5.41) is 6.24. The number of carbonyl (C=O) groups excluding carboxylic acids is 1. The lowest BCUT2D eigenvalue weighted by molar-refractivity contribution is 0.102. The largest absolute Gasteiger partial charge is 0.385 e. The molecule has 6 heteroatoms. The van der Waals surface area contributed by atoms with Crippen LogP contribution in [-0.2, 0) is 6.42 Å². The highest BCUT2D eigenvalue weighted by Gasteiger charge is 2.15. The molecule has 1 amide bonds. The Morgan fingerprint density at radius 1 is 1.30 bits per heavy atom. The van der Waals surface area contributed by atoms with Gasteiger partial charge in [0.25, 0.3) is 5.91 Å². The van der Waals surface area contributed by atoms with Crippen LogP contribution in [0, 0.1) is 0 Å². The summed E-state index contributed by atoms with van der Waals surface area (Å²) in [7, 11) is 0. The first-order chi connectivity index (χ1) is 9.74. The van der Waals surface area contributed by atoms with Gasteiger partial charge >= 0.3 is 0 Å². The number of amides is 1. The minimum atomic E-state index is -0.232. The molecule has 2 aromatic rings. The van der Waals surface area contributed by atoms with Crippen molar-refractivity contribution in [2.75, 3.05) is 22.9 Å². The molecule has 0 radical (unpaired) electrons. The molecule has 20 heavy (non-hydrogen) atoms. The normalized spacial score (nSPS) is 13.2. The summed E-state index contributed by atoms with van der Waals surface area (Å²) in [5.41, 5.74) is 8.86. The monoisotopic (exact) mass is 269 g/mol. The smallest absolute Gasteiger partial charge is 0.258 e. The van der Waals surface area contributed by atoms with Gasteiger partial charge in [-0.2, -0.15) is 0 Å². The van der Waals surface area contributed by atoms with E-state index in [-0.39, 0.29) is 11.9 Å². The van der Waals surface area contributed by atoms with Crippen LogP contribution in [0.4, 0.5) is 17.3 Å². The maximum absolute atomic E-state index is 12.2. The first kappa shape index (κ1) is 12.4. The number of hydrogen-bond acceptors (Lipinski definition) is 5. The van der Waals surface area contributed by atoms with Gasteiger partial charge in [0.05, 0.1) is 5.56 Å². The van der Waals surface area contributed by atoms with Gasteiger partial charge in [-0.15, -0.1) is 0 Å². The summed E-state index contributed by atoms with van der Waals surface area (Å²) in [5.74, 6) is -0.0770. The topological polar surface area (TPSA) is 92.9 Å². The van der Waals surface area contributed by atoms with E-state index in [1.807, 2.05) is 18.2 Å². The molecule has 2 heterocycles. The van der Waals surface area contributed by atoms with E-state index in [9.17, 15) is 4.79 Å². The summed E-state index contributed by atoms with van der Waals surface area (Å²) in [4.78, 5) is 19.8. The Morgan fingerprint density at radius 3 is 2.90 bits per heavy atom. The zero-order valence-corrected chi connectivity index (χ0v) is 10.9. The predicted octanol–water partition coefficient (Wildman–Crippen LogP) is 1.67. The van der Waals surface area contributed by atoms with Gasteiger partial charge in [-0.05, 0) is 30.5 Å². The summed E-state index contributed by atoms with van der Waals surface area (Å²) in [6.07, 6.45) is 4.86. The minimum absolute atomic E-state index is 0.155. The molecule has 0 spiro atoms. The van der Waals surface area contributed by atoms with Crippen LogP contribution in [0.3, 0.4) is 0 Å². The van der Waals surface area contributed by atoms with E-state index in [1.54, 1.807) is 0 Å². The van der Waals surface area contributed by atoms with E-state index in [0.29, 0.717) is 5.56 Å². The SMILES string of the molecule is Nc1ncc(C(=O)Nc2cccc3c2CCCN3)cn1. The number of nitrogen functional groups attached to an aromatic ring is 1.